The van der Waals surface area contributed by atoms with Crippen LogP contribution in [0.4, 0.5) is 22.7 Å². The molecule has 39 heavy (non-hydrogen) atoms. The van der Waals surface area contributed by atoms with E-state index in [0.717, 1.165) is 40.3 Å². The molecule has 2 atom stereocenters. The zero-order chi connectivity index (χ0) is 27.5. The molecule has 5 aromatic rings. The molecule has 4 heteroatoms. The molecule has 0 radical (unpaired) electrons. The number of benzene rings is 5. The van der Waals surface area contributed by atoms with Gasteiger partial charge < -0.3 is 22.9 Å². The minimum atomic E-state index is 0.0543. The molecule has 196 valence electrons. The van der Waals surface area contributed by atoms with Gasteiger partial charge in [-0.3, -0.25) is 0 Å². The van der Waals surface area contributed by atoms with Crippen molar-refractivity contribution in [2.24, 2.45) is 0 Å². The Morgan fingerprint density at radius 3 is 1.56 bits per heavy atom. The summed E-state index contributed by atoms with van der Waals surface area (Å²) in [6.07, 6.45) is 0.844. The number of aryl methyl sites for hydroxylation is 2. The van der Waals surface area contributed by atoms with Crippen molar-refractivity contribution in [2.45, 2.75) is 32.1 Å². The number of hydrogen-bond donors (Lipinski definition) is 4. The maximum absolute atomic E-state index is 6.17. The van der Waals surface area contributed by atoms with Crippen molar-refractivity contribution < 1.29 is 0 Å². The lowest BCUT2D eigenvalue weighted by Gasteiger charge is -2.23. The predicted octanol–water partition coefficient (Wildman–Crippen LogP) is 7.19. The molecule has 0 aliphatic carbocycles. The third-order valence-corrected chi connectivity index (χ3v) is 7.66. The molecule has 0 amide bonds. The van der Waals surface area contributed by atoms with Gasteiger partial charge in [0.15, 0.2) is 0 Å². The summed E-state index contributed by atoms with van der Waals surface area (Å²) in [6.45, 7) is 4.12. The van der Waals surface area contributed by atoms with Gasteiger partial charge in [-0.2, -0.15) is 0 Å². The first-order chi connectivity index (χ1) is 18.8. The van der Waals surface area contributed by atoms with E-state index in [4.69, 9.17) is 22.9 Å². The molecule has 0 spiro atoms. The first-order valence-corrected chi connectivity index (χ1v) is 13.3. The Morgan fingerprint density at radius 2 is 0.974 bits per heavy atom. The lowest BCUT2D eigenvalue weighted by Crippen LogP contribution is -2.08. The van der Waals surface area contributed by atoms with Crippen LogP contribution in [0.25, 0.3) is 0 Å². The molecule has 0 saturated heterocycles. The highest BCUT2D eigenvalue weighted by molar-refractivity contribution is 5.55. The van der Waals surface area contributed by atoms with Crippen LogP contribution in [0.15, 0.2) is 109 Å². The van der Waals surface area contributed by atoms with Gasteiger partial charge in [-0.1, -0.05) is 72.8 Å². The van der Waals surface area contributed by atoms with E-state index in [-0.39, 0.29) is 11.8 Å². The molecule has 0 fully saturated rings. The average molecular weight is 513 g/mol. The van der Waals surface area contributed by atoms with E-state index < -0.39 is 0 Å². The summed E-state index contributed by atoms with van der Waals surface area (Å²) in [4.78, 5) is 0. The fourth-order valence-electron chi connectivity index (χ4n) is 5.35. The second kappa shape index (κ2) is 11.0. The van der Waals surface area contributed by atoms with Crippen molar-refractivity contribution in [3.63, 3.8) is 0 Å². The molecule has 0 aliphatic heterocycles. The molecular formula is C35H36N4. The lowest BCUT2D eigenvalue weighted by atomic mass is 9.81. The van der Waals surface area contributed by atoms with Gasteiger partial charge >= 0.3 is 0 Å². The van der Waals surface area contributed by atoms with Gasteiger partial charge in [0.1, 0.15) is 0 Å². The highest BCUT2D eigenvalue weighted by Crippen LogP contribution is 2.36. The van der Waals surface area contributed by atoms with Gasteiger partial charge in [-0.05, 0) is 101 Å². The summed E-state index contributed by atoms with van der Waals surface area (Å²) < 4.78 is 0. The van der Waals surface area contributed by atoms with Gasteiger partial charge in [0.05, 0.1) is 0 Å². The van der Waals surface area contributed by atoms with Crippen molar-refractivity contribution in [3.8, 4) is 0 Å². The number of hydrogen-bond acceptors (Lipinski definition) is 4. The Kier molecular flexibility index (Phi) is 7.29. The number of nitrogen functional groups attached to an aromatic ring is 4. The van der Waals surface area contributed by atoms with E-state index in [1.807, 2.05) is 36.4 Å². The zero-order valence-electron chi connectivity index (χ0n) is 22.6. The highest BCUT2D eigenvalue weighted by atomic mass is 14.6. The van der Waals surface area contributed by atoms with Gasteiger partial charge in [-0.15, -0.1) is 0 Å². The molecule has 0 saturated carbocycles. The maximum Gasteiger partial charge on any atom is 0.0343 e. The van der Waals surface area contributed by atoms with Crippen LogP contribution in [0.5, 0.6) is 0 Å². The zero-order valence-corrected chi connectivity index (χ0v) is 22.6. The maximum atomic E-state index is 6.17. The Balaban J connectivity index is 1.57. The van der Waals surface area contributed by atoms with Gasteiger partial charge in [0.25, 0.3) is 0 Å². The minimum Gasteiger partial charge on any atom is -0.399 e. The molecule has 0 aliphatic rings. The average Bonchev–Trinajstić information content (AvgIpc) is 2.93. The summed E-state index contributed by atoms with van der Waals surface area (Å²) in [5.74, 6) is 0.215. The van der Waals surface area contributed by atoms with E-state index in [0.29, 0.717) is 0 Å². The molecule has 0 heterocycles. The topological polar surface area (TPSA) is 104 Å². The van der Waals surface area contributed by atoms with Crippen LogP contribution in [0.1, 0.15) is 56.3 Å². The normalized spacial score (nSPS) is 12.7. The van der Waals surface area contributed by atoms with E-state index in [1.165, 1.54) is 33.4 Å². The molecule has 4 nitrogen and oxygen atoms in total. The Bertz CT molecular complexity index is 1590. The second-order valence-corrected chi connectivity index (χ2v) is 10.5. The fourth-order valence-corrected chi connectivity index (χ4v) is 5.35. The number of nitrogens with two attached hydrogens (primary N) is 4. The third kappa shape index (κ3) is 5.75. The van der Waals surface area contributed by atoms with Crippen LogP contribution in [0.3, 0.4) is 0 Å². The standard InChI is InChI=1S/C35H36N4/c1-22-18-27(10-16-33(22)38)32(25-6-12-30(36)13-7-25)21-24-4-3-5-28(20-24)35(26-8-14-31(37)15-9-26)29-11-17-34(39)23(2)19-29/h3-20,32,35H,21,36-39H2,1-2H3. The quantitative estimate of drug-likeness (QED) is 0.137. The summed E-state index contributed by atoms with van der Waals surface area (Å²) in [6, 6.07) is 38.0. The second-order valence-electron chi connectivity index (χ2n) is 10.5. The smallest absolute Gasteiger partial charge is 0.0343 e. The van der Waals surface area contributed by atoms with Gasteiger partial charge in [0, 0.05) is 34.6 Å². The SMILES string of the molecule is Cc1cc(C(Cc2cccc(C(c3ccc(N)cc3)c3ccc(N)c(C)c3)c2)c2ccc(N)cc2)ccc1N. The van der Waals surface area contributed by atoms with Crippen LogP contribution in [0.2, 0.25) is 0 Å². The van der Waals surface area contributed by atoms with E-state index >= 15 is 0 Å². The molecule has 8 N–H and O–H groups in total. The molecule has 0 aromatic heterocycles. The molecule has 0 bridgehead atoms. The van der Waals surface area contributed by atoms with Crippen LogP contribution >= 0.6 is 0 Å². The van der Waals surface area contributed by atoms with Crippen molar-refractivity contribution in [3.05, 3.63) is 154 Å². The molecule has 2 unspecified atom stereocenters. The first kappa shape index (κ1) is 25.9. The Morgan fingerprint density at radius 1 is 0.487 bits per heavy atom. The van der Waals surface area contributed by atoms with Crippen LogP contribution in [-0.4, -0.2) is 0 Å². The van der Waals surface area contributed by atoms with Crippen molar-refractivity contribution >= 4 is 22.7 Å². The minimum absolute atomic E-state index is 0.0543. The molecule has 5 rings (SSSR count). The summed E-state index contributed by atoms with van der Waals surface area (Å²) in [7, 11) is 0. The summed E-state index contributed by atoms with van der Waals surface area (Å²) in [5.41, 5.74) is 37.0. The lowest BCUT2D eigenvalue weighted by molar-refractivity contribution is 0.801. The van der Waals surface area contributed by atoms with E-state index in [2.05, 4.69) is 86.6 Å². The first-order valence-electron chi connectivity index (χ1n) is 13.3. The van der Waals surface area contributed by atoms with Crippen molar-refractivity contribution in [1.82, 2.24) is 0 Å². The third-order valence-electron chi connectivity index (χ3n) is 7.66. The predicted molar refractivity (Wildman–Crippen MR) is 166 cm³/mol. The largest absolute Gasteiger partial charge is 0.399 e. The summed E-state index contributed by atoms with van der Waals surface area (Å²) >= 11 is 0. The van der Waals surface area contributed by atoms with Crippen LogP contribution in [0, 0.1) is 13.8 Å². The Hall–Kier alpha value is -4.70. The summed E-state index contributed by atoms with van der Waals surface area (Å²) in [5, 5.41) is 0. The van der Waals surface area contributed by atoms with Crippen LogP contribution < -0.4 is 22.9 Å². The van der Waals surface area contributed by atoms with E-state index in [9.17, 15) is 0 Å². The monoisotopic (exact) mass is 512 g/mol. The van der Waals surface area contributed by atoms with Gasteiger partial charge in [0.2, 0.25) is 0 Å². The fraction of sp³-hybridized carbons (Fsp3) is 0.143. The highest BCUT2D eigenvalue weighted by Gasteiger charge is 2.20. The van der Waals surface area contributed by atoms with Gasteiger partial charge in [-0.25, -0.2) is 0 Å². The molecule has 5 aromatic carbocycles. The van der Waals surface area contributed by atoms with Crippen LogP contribution in [-0.2, 0) is 6.42 Å². The van der Waals surface area contributed by atoms with E-state index in [1.54, 1.807) is 0 Å². The number of anilines is 4. The molecular weight excluding hydrogens is 476 g/mol. The van der Waals surface area contributed by atoms with Crippen molar-refractivity contribution in [2.75, 3.05) is 22.9 Å². The Labute approximate surface area is 231 Å². The number of rotatable bonds is 7. The van der Waals surface area contributed by atoms with Crippen molar-refractivity contribution in [1.29, 1.82) is 0 Å².